The van der Waals surface area contributed by atoms with Gasteiger partial charge in [0.25, 0.3) is 0 Å². The topological polar surface area (TPSA) is 76.7 Å². The molecule has 0 amide bonds. The fourth-order valence-electron chi connectivity index (χ4n) is 2.10. The first-order valence-corrected chi connectivity index (χ1v) is 8.13. The summed E-state index contributed by atoms with van der Waals surface area (Å²) in [6.45, 7) is 0.602. The highest BCUT2D eigenvalue weighted by molar-refractivity contribution is 9.10. The Hall–Kier alpha value is -1.05. The molecule has 7 heteroatoms. The molecule has 1 aliphatic rings. The molecule has 0 saturated heterocycles. The second kappa shape index (κ2) is 5.75. The lowest BCUT2D eigenvalue weighted by molar-refractivity contribution is 0.642. The summed E-state index contributed by atoms with van der Waals surface area (Å²) >= 11 is 5.00. The van der Waals surface area contributed by atoms with Gasteiger partial charge in [0.1, 0.15) is 0 Å². The van der Waals surface area contributed by atoms with E-state index in [-0.39, 0.29) is 5.69 Å². The molecule has 106 valence electrons. The SMILES string of the molecule is NCCc1ccc(Br)cc1Sc1n[nH]c(=O)n1C1CC1. The number of aromatic amines is 1. The molecule has 3 rings (SSSR count). The van der Waals surface area contributed by atoms with E-state index in [1.807, 2.05) is 12.1 Å². The molecule has 1 heterocycles. The zero-order valence-corrected chi connectivity index (χ0v) is 13.2. The summed E-state index contributed by atoms with van der Waals surface area (Å²) in [6, 6.07) is 6.43. The van der Waals surface area contributed by atoms with E-state index in [0.717, 1.165) is 33.8 Å². The van der Waals surface area contributed by atoms with Gasteiger partial charge in [-0.2, -0.15) is 0 Å². The molecule has 2 aromatic rings. The van der Waals surface area contributed by atoms with Crippen LogP contribution in [0.25, 0.3) is 0 Å². The summed E-state index contributed by atoms with van der Waals surface area (Å²) in [6.07, 6.45) is 2.93. The zero-order chi connectivity index (χ0) is 14.1. The fraction of sp³-hybridized carbons (Fsp3) is 0.385. The van der Waals surface area contributed by atoms with Crippen molar-refractivity contribution in [2.24, 2.45) is 5.73 Å². The Bertz CT molecular complexity index is 677. The van der Waals surface area contributed by atoms with E-state index < -0.39 is 0 Å². The predicted molar refractivity (Wildman–Crippen MR) is 82.1 cm³/mol. The van der Waals surface area contributed by atoms with Gasteiger partial charge in [-0.15, -0.1) is 5.10 Å². The van der Waals surface area contributed by atoms with E-state index >= 15 is 0 Å². The number of benzene rings is 1. The summed E-state index contributed by atoms with van der Waals surface area (Å²) in [5.41, 5.74) is 6.71. The van der Waals surface area contributed by atoms with Crippen LogP contribution in [0.1, 0.15) is 24.4 Å². The largest absolute Gasteiger partial charge is 0.344 e. The van der Waals surface area contributed by atoms with Crippen molar-refractivity contribution >= 4 is 27.7 Å². The second-order valence-corrected chi connectivity index (χ2v) is 6.73. The van der Waals surface area contributed by atoms with Crippen molar-refractivity contribution in [3.8, 4) is 0 Å². The maximum atomic E-state index is 11.8. The Morgan fingerprint density at radius 2 is 2.30 bits per heavy atom. The highest BCUT2D eigenvalue weighted by Gasteiger charge is 2.28. The van der Waals surface area contributed by atoms with Crippen LogP contribution in [0, 0.1) is 0 Å². The van der Waals surface area contributed by atoms with Crippen LogP contribution >= 0.6 is 27.7 Å². The molecule has 1 saturated carbocycles. The maximum Gasteiger partial charge on any atom is 0.344 e. The monoisotopic (exact) mass is 354 g/mol. The molecule has 3 N–H and O–H groups in total. The second-order valence-electron chi connectivity index (χ2n) is 4.81. The molecule has 0 spiro atoms. The summed E-state index contributed by atoms with van der Waals surface area (Å²) in [5.74, 6) is 0. The van der Waals surface area contributed by atoms with E-state index in [4.69, 9.17) is 5.73 Å². The molecule has 1 aromatic heterocycles. The molecule has 1 aromatic carbocycles. The average Bonchev–Trinajstić information content (AvgIpc) is 3.18. The number of halogens is 1. The normalized spacial score (nSPS) is 14.7. The lowest BCUT2D eigenvalue weighted by atomic mass is 10.1. The van der Waals surface area contributed by atoms with Crippen LogP contribution < -0.4 is 11.4 Å². The van der Waals surface area contributed by atoms with Gasteiger partial charge >= 0.3 is 5.69 Å². The number of aromatic nitrogens is 3. The quantitative estimate of drug-likeness (QED) is 0.863. The van der Waals surface area contributed by atoms with Gasteiger partial charge in [-0.05, 0) is 55.3 Å². The first-order chi connectivity index (χ1) is 9.69. The fourth-order valence-corrected chi connectivity index (χ4v) is 3.72. The molecule has 1 fully saturated rings. The minimum atomic E-state index is -0.120. The van der Waals surface area contributed by atoms with E-state index in [1.165, 1.54) is 17.3 Å². The van der Waals surface area contributed by atoms with Crippen LogP contribution in [0.5, 0.6) is 0 Å². The molecular formula is C13H15BrN4OS. The average molecular weight is 355 g/mol. The summed E-state index contributed by atoms with van der Waals surface area (Å²) in [4.78, 5) is 12.9. The van der Waals surface area contributed by atoms with Crippen molar-refractivity contribution in [3.63, 3.8) is 0 Å². The molecule has 0 atom stereocenters. The van der Waals surface area contributed by atoms with Crippen molar-refractivity contribution in [2.45, 2.75) is 35.4 Å². The Kier molecular flexibility index (Phi) is 4.00. The van der Waals surface area contributed by atoms with E-state index in [9.17, 15) is 4.79 Å². The van der Waals surface area contributed by atoms with E-state index in [1.54, 1.807) is 4.57 Å². The van der Waals surface area contributed by atoms with E-state index in [2.05, 4.69) is 32.2 Å². The Labute approximate surface area is 129 Å². The van der Waals surface area contributed by atoms with Gasteiger partial charge in [-0.1, -0.05) is 22.0 Å². The lowest BCUT2D eigenvalue weighted by Gasteiger charge is -2.09. The Morgan fingerprint density at radius 3 is 3.00 bits per heavy atom. The minimum Gasteiger partial charge on any atom is -0.330 e. The predicted octanol–water partition coefficient (Wildman–Crippen LogP) is 2.32. The smallest absolute Gasteiger partial charge is 0.330 e. The molecule has 0 aliphatic heterocycles. The lowest BCUT2D eigenvalue weighted by Crippen LogP contribution is -2.16. The minimum absolute atomic E-state index is 0.120. The maximum absolute atomic E-state index is 11.8. The highest BCUT2D eigenvalue weighted by Crippen LogP contribution is 2.38. The number of rotatable bonds is 5. The van der Waals surface area contributed by atoms with Crippen molar-refractivity contribution in [1.82, 2.24) is 14.8 Å². The van der Waals surface area contributed by atoms with Gasteiger partial charge in [0.15, 0.2) is 5.16 Å². The number of hydrogen-bond acceptors (Lipinski definition) is 4. The van der Waals surface area contributed by atoms with Crippen LogP contribution in [-0.2, 0) is 6.42 Å². The van der Waals surface area contributed by atoms with Gasteiger partial charge < -0.3 is 5.73 Å². The number of nitrogens with two attached hydrogens (primary N) is 1. The third-order valence-electron chi connectivity index (χ3n) is 3.23. The molecule has 5 nitrogen and oxygen atoms in total. The van der Waals surface area contributed by atoms with Gasteiger partial charge in [0, 0.05) is 15.4 Å². The van der Waals surface area contributed by atoms with Crippen LogP contribution in [0.15, 0.2) is 37.5 Å². The van der Waals surface area contributed by atoms with Gasteiger partial charge in [-0.25, -0.2) is 9.89 Å². The van der Waals surface area contributed by atoms with Crippen molar-refractivity contribution < 1.29 is 0 Å². The third kappa shape index (κ3) is 2.84. The van der Waals surface area contributed by atoms with Crippen LogP contribution in [0.3, 0.4) is 0 Å². The van der Waals surface area contributed by atoms with Gasteiger partial charge in [0.2, 0.25) is 0 Å². The van der Waals surface area contributed by atoms with Crippen LogP contribution in [0.2, 0.25) is 0 Å². The Balaban J connectivity index is 1.94. The first kappa shape index (κ1) is 13.9. The van der Waals surface area contributed by atoms with E-state index in [0.29, 0.717) is 12.6 Å². The summed E-state index contributed by atoms with van der Waals surface area (Å²) < 4.78 is 2.77. The zero-order valence-electron chi connectivity index (χ0n) is 10.8. The molecule has 0 radical (unpaired) electrons. The number of hydrogen-bond donors (Lipinski definition) is 2. The molecule has 1 aliphatic carbocycles. The molecule has 0 bridgehead atoms. The number of nitrogens with one attached hydrogen (secondary N) is 1. The number of nitrogens with zero attached hydrogens (tertiary/aromatic N) is 2. The van der Waals surface area contributed by atoms with Gasteiger partial charge in [0.05, 0.1) is 0 Å². The third-order valence-corrected chi connectivity index (χ3v) is 4.79. The van der Waals surface area contributed by atoms with Crippen LogP contribution in [-0.4, -0.2) is 21.3 Å². The van der Waals surface area contributed by atoms with Crippen molar-refractivity contribution in [1.29, 1.82) is 0 Å². The first-order valence-electron chi connectivity index (χ1n) is 6.52. The number of H-pyrrole nitrogens is 1. The Morgan fingerprint density at radius 1 is 1.50 bits per heavy atom. The molecule has 0 unspecified atom stereocenters. The van der Waals surface area contributed by atoms with Crippen molar-refractivity contribution in [2.75, 3.05) is 6.54 Å². The van der Waals surface area contributed by atoms with Crippen molar-refractivity contribution in [3.05, 3.63) is 38.7 Å². The standard InChI is InChI=1S/C13H15BrN4OS/c14-9-2-1-8(5-6-15)11(7-9)20-13-17-16-12(19)18(13)10-3-4-10/h1-2,7,10H,3-6,15H2,(H,16,19). The molecule has 20 heavy (non-hydrogen) atoms. The summed E-state index contributed by atoms with van der Waals surface area (Å²) in [5, 5.41) is 7.42. The highest BCUT2D eigenvalue weighted by atomic mass is 79.9. The molecular weight excluding hydrogens is 340 g/mol. The summed E-state index contributed by atoms with van der Waals surface area (Å²) in [7, 11) is 0. The van der Waals surface area contributed by atoms with Gasteiger partial charge in [-0.3, -0.25) is 4.57 Å². The van der Waals surface area contributed by atoms with Crippen LogP contribution in [0.4, 0.5) is 0 Å².